The average molecular weight is 390 g/mol. The summed E-state index contributed by atoms with van der Waals surface area (Å²) in [5.41, 5.74) is 0. The molecule has 0 heterocycles. The zero-order chi connectivity index (χ0) is 15.6. The van der Waals surface area contributed by atoms with Gasteiger partial charge >= 0.3 is 88.7 Å². The predicted octanol–water partition coefficient (Wildman–Crippen LogP) is -9.96. The van der Waals surface area contributed by atoms with Crippen molar-refractivity contribution in [2.75, 3.05) is 0 Å². The summed E-state index contributed by atoms with van der Waals surface area (Å²) in [4.78, 5) is 0. The summed E-state index contributed by atoms with van der Waals surface area (Å²) < 4.78 is 83.9. The van der Waals surface area contributed by atoms with E-state index in [2.05, 4.69) is 19.7 Å². The Bertz CT molecular complexity index is 456. The zero-order valence-corrected chi connectivity index (χ0v) is 20.2. The molecule has 0 atom stereocenters. The number of rotatable bonds is 3. The molecule has 0 spiro atoms. The van der Waals surface area contributed by atoms with Crippen molar-refractivity contribution in [2.45, 2.75) is 0 Å². The minimum Gasteiger partial charge on any atom is -0.745 e. The van der Waals surface area contributed by atoms with Crippen LogP contribution in [0.2, 0.25) is 0 Å². The average Bonchev–Trinajstić information content (AvgIpc) is 2.16. The Balaban J connectivity index is -0.0000000375. The van der Waals surface area contributed by atoms with Crippen molar-refractivity contribution in [1.29, 1.82) is 0 Å². The second-order valence-corrected chi connectivity index (χ2v) is 5.94. The summed E-state index contributed by atoms with van der Waals surface area (Å²) in [7, 11) is -12.4. The van der Waals surface area contributed by atoms with Gasteiger partial charge in [0, 0.05) is 16.2 Å². The number of hydrogen-bond acceptors (Lipinski definition) is 9. The van der Waals surface area contributed by atoms with Gasteiger partial charge in [-0.15, -0.1) is 0 Å². The Kier molecular flexibility index (Phi) is 33.5. The van der Waals surface area contributed by atoms with Gasteiger partial charge in [-0.3, -0.25) is 0 Å². The largest absolute Gasteiger partial charge is 1.00 e. The van der Waals surface area contributed by atoms with Gasteiger partial charge in [-0.25, -0.2) is 25.3 Å². The van der Waals surface area contributed by atoms with E-state index >= 15 is 0 Å². The van der Waals surface area contributed by atoms with Crippen LogP contribution in [0.4, 0.5) is 0 Å². The summed E-state index contributed by atoms with van der Waals surface area (Å²) in [5, 5.41) is 1.06. The van der Waals surface area contributed by atoms with E-state index in [0.717, 1.165) is 0 Å². The summed E-state index contributed by atoms with van der Waals surface area (Å²) in [6, 6.07) is 0. The Morgan fingerprint density at radius 1 is 0.524 bits per heavy atom. The van der Waals surface area contributed by atoms with Crippen molar-refractivity contribution in [2.24, 2.45) is 0 Å². The fourth-order valence-electron chi connectivity index (χ4n) is 0. The SMILES string of the molecule is C=CS(=O)(=O)[O-].C=CS(=O)(=O)[O-].C=CS(=O)(=O)[O-].[Na+].[Na+].[Na+]. The van der Waals surface area contributed by atoms with E-state index in [1.165, 1.54) is 0 Å². The van der Waals surface area contributed by atoms with Crippen LogP contribution in [0.3, 0.4) is 0 Å². The predicted molar refractivity (Wildman–Crippen MR) is 59.7 cm³/mol. The quantitative estimate of drug-likeness (QED) is 0.335. The standard InChI is InChI=1S/3C2H4O3S.3Na/c3*1-2-6(3,4)5;;;/h3*2H,1H2,(H,3,4,5);;;/q;;;3*+1/p-3. The topological polar surface area (TPSA) is 172 Å². The monoisotopic (exact) mass is 390 g/mol. The van der Waals surface area contributed by atoms with Crippen molar-refractivity contribution in [3.8, 4) is 0 Å². The third kappa shape index (κ3) is 72.9. The first-order valence-electron chi connectivity index (χ1n) is 3.43. The molecule has 0 radical (unpaired) electrons. The van der Waals surface area contributed by atoms with E-state index in [1.54, 1.807) is 0 Å². The molecule has 0 N–H and O–H groups in total. The van der Waals surface area contributed by atoms with Crippen LogP contribution in [0.1, 0.15) is 0 Å². The normalized spacial score (nSPS) is 9.29. The van der Waals surface area contributed by atoms with Gasteiger partial charge in [0.25, 0.3) is 0 Å². The van der Waals surface area contributed by atoms with Gasteiger partial charge in [0.2, 0.25) is 0 Å². The minimum atomic E-state index is -4.15. The molecular weight excluding hydrogens is 381 g/mol. The van der Waals surface area contributed by atoms with Gasteiger partial charge < -0.3 is 13.7 Å². The van der Waals surface area contributed by atoms with E-state index in [0.29, 0.717) is 16.2 Å². The molecule has 108 valence electrons. The molecule has 0 rings (SSSR count). The van der Waals surface area contributed by atoms with Crippen molar-refractivity contribution in [3.05, 3.63) is 36.0 Å². The molecule has 0 aromatic carbocycles. The van der Waals surface area contributed by atoms with Gasteiger partial charge in [0.15, 0.2) is 0 Å². The summed E-state index contributed by atoms with van der Waals surface area (Å²) >= 11 is 0. The summed E-state index contributed by atoms with van der Waals surface area (Å²) in [5.74, 6) is 0. The van der Waals surface area contributed by atoms with Crippen LogP contribution in [0.15, 0.2) is 36.0 Å². The van der Waals surface area contributed by atoms with Gasteiger partial charge in [0.05, 0.1) is 0 Å². The Morgan fingerprint density at radius 3 is 0.571 bits per heavy atom. The minimum absolute atomic E-state index is 0. The molecule has 0 bridgehead atoms. The molecule has 0 saturated heterocycles. The summed E-state index contributed by atoms with van der Waals surface area (Å²) in [6.45, 7) is 8.19. The third-order valence-electron chi connectivity index (χ3n) is 0.612. The van der Waals surface area contributed by atoms with Crippen molar-refractivity contribution >= 4 is 30.4 Å². The molecule has 21 heavy (non-hydrogen) atoms. The van der Waals surface area contributed by atoms with Crippen LogP contribution >= 0.6 is 0 Å². The van der Waals surface area contributed by atoms with Gasteiger partial charge in [0.1, 0.15) is 30.4 Å². The fourth-order valence-corrected chi connectivity index (χ4v) is 0. The van der Waals surface area contributed by atoms with Crippen molar-refractivity contribution < 1.29 is 128 Å². The maximum absolute atomic E-state index is 9.33. The zero-order valence-electron chi connectivity index (χ0n) is 11.8. The molecule has 0 aliphatic heterocycles. The van der Waals surface area contributed by atoms with E-state index < -0.39 is 30.4 Å². The molecule has 15 heteroatoms. The smallest absolute Gasteiger partial charge is 0.745 e. The van der Waals surface area contributed by atoms with E-state index in [9.17, 15) is 38.9 Å². The van der Waals surface area contributed by atoms with Crippen LogP contribution in [0.25, 0.3) is 0 Å². The molecule has 0 unspecified atom stereocenters. The molecule has 0 saturated carbocycles. The van der Waals surface area contributed by atoms with Crippen LogP contribution in [-0.4, -0.2) is 38.9 Å². The summed E-state index contributed by atoms with van der Waals surface area (Å²) in [6.07, 6.45) is 0. The first-order chi connectivity index (χ1) is 7.68. The Morgan fingerprint density at radius 2 is 0.571 bits per heavy atom. The second-order valence-electron chi connectivity index (χ2n) is 1.98. The van der Waals surface area contributed by atoms with E-state index in [4.69, 9.17) is 0 Å². The van der Waals surface area contributed by atoms with Gasteiger partial charge in [-0.2, -0.15) is 0 Å². The molecular formula is C6H9Na3O9S3. The maximum Gasteiger partial charge on any atom is 1.00 e. The second kappa shape index (κ2) is 18.3. The van der Waals surface area contributed by atoms with Crippen LogP contribution in [0.5, 0.6) is 0 Å². The van der Waals surface area contributed by atoms with Gasteiger partial charge in [-0.1, -0.05) is 19.7 Å². The Hall–Kier alpha value is 1.95. The van der Waals surface area contributed by atoms with E-state index in [1.807, 2.05) is 0 Å². The molecule has 0 fully saturated rings. The third-order valence-corrected chi connectivity index (χ3v) is 1.84. The molecule has 0 aliphatic carbocycles. The van der Waals surface area contributed by atoms with E-state index in [-0.39, 0.29) is 88.7 Å². The van der Waals surface area contributed by atoms with Crippen molar-refractivity contribution in [1.82, 2.24) is 0 Å². The Labute approximate surface area is 191 Å². The molecule has 0 amide bonds. The molecule has 0 aromatic rings. The fraction of sp³-hybridized carbons (Fsp3) is 0. The number of hydrogen-bond donors (Lipinski definition) is 0. The van der Waals surface area contributed by atoms with Crippen LogP contribution in [-0.2, 0) is 30.4 Å². The van der Waals surface area contributed by atoms with Crippen molar-refractivity contribution in [3.63, 3.8) is 0 Å². The van der Waals surface area contributed by atoms with Crippen LogP contribution in [0, 0.1) is 0 Å². The molecule has 0 aromatic heterocycles. The molecule has 9 nitrogen and oxygen atoms in total. The maximum atomic E-state index is 9.33. The molecule has 0 aliphatic rings. The first kappa shape index (κ1) is 38.5. The van der Waals surface area contributed by atoms with Crippen LogP contribution < -0.4 is 88.7 Å². The van der Waals surface area contributed by atoms with Gasteiger partial charge in [-0.05, 0) is 0 Å². The first-order valence-corrected chi connectivity index (χ1v) is 7.85.